The van der Waals surface area contributed by atoms with Gasteiger partial charge in [-0.15, -0.1) is 0 Å². The normalized spacial score (nSPS) is 10.5. The lowest BCUT2D eigenvalue weighted by Gasteiger charge is -2.13. The summed E-state index contributed by atoms with van der Waals surface area (Å²) in [6, 6.07) is 15.6. The maximum atomic E-state index is 12.8. The molecule has 0 aliphatic heterocycles. The van der Waals surface area contributed by atoms with Gasteiger partial charge in [-0.3, -0.25) is 9.36 Å². The van der Waals surface area contributed by atoms with Crippen LogP contribution in [0.3, 0.4) is 0 Å². The lowest BCUT2D eigenvalue weighted by molar-refractivity contribution is 0.339. The molecule has 3 rings (SSSR count). The molecule has 0 aliphatic carbocycles. The predicted molar refractivity (Wildman–Crippen MR) is 99.5 cm³/mol. The number of benzene rings is 2. The Morgan fingerprint density at radius 3 is 2.64 bits per heavy atom. The van der Waals surface area contributed by atoms with E-state index in [1.807, 2.05) is 62.4 Å². The summed E-state index contributed by atoms with van der Waals surface area (Å²) in [5.41, 5.74) is 2.80. The van der Waals surface area contributed by atoms with Gasteiger partial charge in [0.1, 0.15) is 5.75 Å². The Balaban J connectivity index is 1.88. The van der Waals surface area contributed by atoms with Crippen LogP contribution in [0.1, 0.15) is 18.1 Å². The van der Waals surface area contributed by atoms with Crippen molar-refractivity contribution in [2.75, 3.05) is 11.9 Å². The molecule has 0 aliphatic rings. The van der Waals surface area contributed by atoms with Crippen molar-refractivity contribution in [3.63, 3.8) is 0 Å². The molecule has 3 aromatic rings. The average molecular weight is 335 g/mol. The van der Waals surface area contributed by atoms with E-state index >= 15 is 0 Å². The maximum absolute atomic E-state index is 12.8. The van der Waals surface area contributed by atoms with Crippen LogP contribution in [0.2, 0.25) is 0 Å². The number of aromatic nitrogens is 2. The van der Waals surface area contributed by atoms with Crippen molar-refractivity contribution in [3.8, 4) is 11.4 Å². The summed E-state index contributed by atoms with van der Waals surface area (Å²) < 4.78 is 7.18. The van der Waals surface area contributed by atoms with Gasteiger partial charge >= 0.3 is 0 Å². The lowest BCUT2D eigenvalue weighted by Crippen LogP contribution is -2.23. The van der Waals surface area contributed by atoms with Gasteiger partial charge in [-0.2, -0.15) is 0 Å². The zero-order valence-corrected chi connectivity index (χ0v) is 14.4. The number of hydrogen-bond acceptors (Lipinski definition) is 4. The minimum absolute atomic E-state index is 0.207. The Morgan fingerprint density at radius 2 is 1.88 bits per heavy atom. The number of nitrogens with one attached hydrogen (secondary N) is 1. The zero-order chi connectivity index (χ0) is 17.6. The summed E-state index contributed by atoms with van der Waals surface area (Å²) in [5, 5.41) is 3.13. The molecule has 0 spiro atoms. The number of anilines is 1. The number of para-hydroxylation sites is 2. The molecule has 0 fully saturated rings. The Labute approximate surface area is 146 Å². The SMILES string of the molecule is CCOc1ccccc1-n1ccnc(NCc2ccc(C)cc2)c1=O. The monoisotopic (exact) mass is 335 g/mol. The fourth-order valence-electron chi connectivity index (χ4n) is 2.55. The minimum Gasteiger partial charge on any atom is -0.492 e. The van der Waals surface area contributed by atoms with E-state index in [9.17, 15) is 4.79 Å². The first-order valence-corrected chi connectivity index (χ1v) is 8.28. The second kappa shape index (κ2) is 7.66. The molecule has 1 heterocycles. The summed E-state index contributed by atoms with van der Waals surface area (Å²) in [4.78, 5) is 17.0. The van der Waals surface area contributed by atoms with Crippen LogP contribution < -0.4 is 15.6 Å². The van der Waals surface area contributed by atoms with Crippen LogP contribution in [0, 0.1) is 6.92 Å². The Hall–Kier alpha value is -3.08. The second-order valence-corrected chi connectivity index (χ2v) is 5.69. The molecule has 25 heavy (non-hydrogen) atoms. The van der Waals surface area contributed by atoms with Gasteiger partial charge in [0.2, 0.25) is 0 Å². The first-order chi connectivity index (χ1) is 12.2. The van der Waals surface area contributed by atoms with Crippen molar-refractivity contribution in [1.29, 1.82) is 0 Å². The maximum Gasteiger partial charge on any atom is 0.297 e. The third kappa shape index (κ3) is 3.88. The van der Waals surface area contributed by atoms with Crippen molar-refractivity contribution in [2.24, 2.45) is 0 Å². The number of nitrogens with zero attached hydrogens (tertiary/aromatic N) is 2. The molecule has 0 saturated heterocycles. The van der Waals surface area contributed by atoms with Crippen LogP contribution >= 0.6 is 0 Å². The smallest absolute Gasteiger partial charge is 0.297 e. The molecular formula is C20H21N3O2. The topological polar surface area (TPSA) is 56.1 Å². The van der Waals surface area contributed by atoms with Crippen LogP contribution in [0.5, 0.6) is 5.75 Å². The molecule has 5 nitrogen and oxygen atoms in total. The minimum atomic E-state index is -0.207. The number of hydrogen-bond donors (Lipinski definition) is 1. The summed E-state index contributed by atoms with van der Waals surface area (Å²) in [6.07, 6.45) is 3.26. The van der Waals surface area contributed by atoms with Gasteiger partial charge in [-0.05, 0) is 31.5 Å². The molecule has 1 aromatic heterocycles. The number of rotatable bonds is 6. The average Bonchev–Trinajstić information content (AvgIpc) is 2.63. The molecular weight excluding hydrogens is 314 g/mol. The van der Waals surface area contributed by atoms with Crippen molar-refractivity contribution in [3.05, 3.63) is 82.4 Å². The van der Waals surface area contributed by atoms with E-state index in [1.54, 1.807) is 17.0 Å². The third-order valence-corrected chi connectivity index (χ3v) is 3.85. The zero-order valence-electron chi connectivity index (χ0n) is 14.4. The fourth-order valence-corrected chi connectivity index (χ4v) is 2.55. The number of aryl methyl sites for hydroxylation is 1. The van der Waals surface area contributed by atoms with Gasteiger partial charge in [0.05, 0.1) is 12.3 Å². The third-order valence-electron chi connectivity index (χ3n) is 3.85. The van der Waals surface area contributed by atoms with E-state index < -0.39 is 0 Å². The highest BCUT2D eigenvalue weighted by atomic mass is 16.5. The highest BCUT2D eigenvalue weighted by Gasteiger charge is 2.10. The first kappa shape index (κ1) is 16.8. The number of ether oxygens (including phenoxy) is 1. The van der Waals surface area contributed by atoms with Crippen molar-refractivity contribution in [1.82, 2.24) is 9.55 Å². The molecule has 0 radical (unpaired) electrons. The van der Waals surface area contributed by atoms with Gasteiger partial charge in [0, 0.05) is 18.9 Å². The highest BCUT2D eigenvalue weighted by Crippen LogP contribution is 2.21. The van der Waals surface area contributed by atoms with Crippen molar-refractivity contribution < 1.29 is 4.74 Å². The van der Waals surface area contributed by atoms with Crippen molar-refractivity contribution >= 4 is 5.82 Å². The van der Waals surface area contributed by atoms with E-state index in [0.29, 0.717) is 30.4 Å². The van der Waals surface area contributed by atoms with Gasteiger partial charge in [0.15, 0.2) is 5.82 Å². The highest BCUT2D eigenvalue weighted by molar-refractivity contribution is 5.48. The molecule has 0 unspecified atom stereocenters. The second-order valence-electron chi connectivity index (χ2n) is 5.69. The largest absolute Gasteiger partial charge is 0.492 e. The van der Waals surface area contributed by atoms with E-state index in [2.05, 4.69) is 10.3 Å². The first-order valence-electron chi connectivity index (χ1n) is 8.28. The fraction of sp³-hybridized carbons (Fsp3) is 0.200. The summed E-state index contributed by atoms with van der Waals surface area (Å²) in [5.74, 6) is 0.983. The summed E-state index contributed by atoms with van der Waals surface area (Å²) >= 11 is 0. The molecule has 2 aromatic carbocycles. The van der Waals surface area contributed by atoms with Crippen LogP contribution in [0.15, 0.2) is 65.7 Å². The molecule has 5 heteroatoms. The van der Waals surface area contributed by atoms with E-state index in [0.717, 1.165) is 5.56 Å². The Kier molecular flexibility index (Phi) is 5.14. The van der Waals surface area contributed by atoms with Gasteiger partial charge in [0.25, 0.3) is 5.56 Å². The summed E-state index contributed by atoms with van der Waals surface area (Å²) in [7, 11) is 0. The van der Waals surface area contributed by atoms with Crippen molar-refractivity contribution in [2.45, 2.75) is 20.4 Å². The molecule has 0 amide bonds. The molecule has 0 saturated carbocycles. The van der Waals surface area contributed by atoms with Crippen LogP contribution in [0.4, 0.5) is 5.82 Å². The Bertz CT molecular complexity index is 901. The molecule has 1 N–H and O–H groups in total. The van der Waals surface area contributed by atoms with Gasteiger partial charge < -0.3 is 10.1 Å². The lowest BCUT2D eigenvalue weighted by atomic mass is 10.1. The van der Waals surface area contributed by atoms with E-state index in [4.69, 9.17) is 4.74 Å². The molecule has 0 atom stereocenters. The molecule has 128 valence electrons. The van der Waals surface area contributed by atoms with Gasteiger partial charge in [-0.25, -0.2) is 4.98 Å². The van der Waals surface area contributed by atoms with Gasteiger partial charge in [-0.1, -0.05) is 42.0 Å². The molecule has 0 bridgehead atoms. The van der Waals surface area contributed by atoms with Crippen LogP contribution in [-0.2, 0) is 6.54 Å². The standard InChI is InChI=1S/C20H21N3O2/c1-3-25-18-7-5-4-6-17(18)23-13-12-21-19(20(23)24)22-14-16-10-8-15(2)9-11-16/h4-13H,3,14H2,1-2H3,(H,21,22). The van der Waals surface area contributed by atoms with E-state index in [1.165, 1.54) is 5.56 Å². The predicted octanol–water partition coefficient (Wildman–Crippen LogP) is 3.55. The van der Waals surface area contributed by atoms with Crippen LogP contribution in [-0.4, -0.2) is 16.2 Å². The van der Waals surface area contributed by atoms with E-state index in [-0.39, 0.29) is 5.56 Å². The quantitative estimate of drug-likeness (QED) is 0.748. The Morgan fingerprint density at radius 1 is 1.12 bits per heavy atom. The van der Waals surface area contributed by atoms with Crippen LogP contribution in [0.25, 0.3) is 5.69 Å². The summed E-state index contributed by atoms with van der Waals surface area (Å²) in [6.45, 7) is 5.04.